The van der Waals surface area contributed by atoms with Gasteiger partial charge in [-0.2, -0.15) is 0 Å². The molecule has 0 N–H and O–H groups in total. The number of piperazine rings is 6. The van der Waals surface area contributed by atoms with Crippen molar-refractivity contribution in [3.63, 3.8) is 0 Å². The van der Waals surface area contributed by atoms with Gasteiger partial charge in [0, 0.05) is 160 Å². The van der Waals surface area contributed by atoms with E-state index in [0.29, 0.717) is 18.6 Å². The fourth-order valence-corrected chi connectivity index (χ4v) is 10.5. The Kier molecular flexibility index (Phi) is 26.2. The number of carbonyl (C=O) groups excluding carboxylic acids is 1. The molecular weight excluding hydrogens is 813 g/mol. The largest absolute Gasteiger partial charge is 0.343 e. The van der Waals surface area contributed by atoms with Crippen molar-refractivity contribution in [1.29, 1.82) is 0 Å². The van der Waals surface area contributed by atoms with Gasteiger partial charge in [-0.15, -0.1) is 0 Å². The number of carbonyl (C=O) groups is 1. The molecule has 9 rings (SSSR count). The number of likely N-dealkylation sites (tertiary alicyclic amines) is 3. The highest BCUT2D eigenvalue weighted by molar-refractivity contribution is 5.78. The molecular formula is C50H108N14O. The first kappa shape index (κ1) is 58.3. The standard InChI is InChI=1S/C8H16N2.2C8H18N2.C7H14N2.C7H16N2.C6H12N2O.C6H14N2/c1-9-5-7-3-4-8(6-9)10(7)2;1-7-5-10(4)8(2)6-9(7)3;1-7-5-9(3)6-8(2)10(7)4;1-8-4-7-3-6(8)5-9(7)2;1-8-4-3-5-9(2)7-6-8;1-7-3-4-8(2)6(9)5-7;1-7-3-5-8(2)6-4-7/h7-8H,3-6H2,1-2H3;2*7-8H,5-6H2,1-4H3;6-7H,3-5H2,1-2H3;3-7H2,1-2H3;3-5H2,1-2H3;3-6H2,1-2H3/t;2*7-,8+;;;;. The minimum Gasteiger partial charge on any atom is -0.343 e. The summed E-state index contributed by atoms with van der Waals surface area (Å²) in [5, 5.41) is 0. The molecule has 0 spiro atoms. The first-order valence-corrected chi connectivity index (χ1v) is 25.8. The second kappa shape index (κ2) is 29.2. The number of amides is 1. The van der Waals surface area contributed by atoms with Crippen molar-refractivity contribution in [3.8, 4) is 0 Å². The third-order valence-electron chi connectivity index (χ3n) is 16.3. The van der Waals surface area contributed by atoms with Gasteiger partial charge >= 0.3 is 0 Å². The maximum Gasteiger partial charge on any atom is 0.236 e. The van der Waals surface area contributed by atoms with Crippen LogP contribution < -0.4 is 0 Å². The summed E-state index contributed by atoms with van der Waals surface area (Å²) in [4.78, 5) is 43.8. The van der Waals surface area contributed by atoms with E-state index in [1.54, 1.807) is 4.90 Å². The zero-order valence-corrected chi connectivity index (χ0v) is 46.1. The summed E-state index contributed by atoms with van der Waals surface area (Å²) in [6.07, 6.45) is 5.58. The van der Waals surface area contributed by atoms with E-state index in [4.69, 9.17) is 0 Å². The van der Waals surface area contributed by atoms with Gasteiger partial charge in [-0.05, 0) is 158 Å². The number of likely N-dealkylation sites (N-methyl/N-ethyl adjacent to an activating group) is 14. The van der Waals surface area contributed by atoms with E-state index in [9.17, 15) is 4.79 Å². The molecule has 0 aromatic heterocycles. The van der Waals surface area contributed by atoms with Crippen LogP contribution in [0.1, 0.15) is 53.4 Å². The van der Waals surface area contributed by atoms with Crippen LogP contribution in [0, 0.1) is 0 Å². The van der Waals surface area contributed by atoms with Crippen molar-refractivity contribution < 1.29 is 4.79 Å². The summed E-state index contributed by atoms with van der Waals surface area (Å²) < 4.78 is 0. The summed E-state index contributed by atoms with van der Waals surface area (Å²) in [7, 11) is 30.3. The lowest BCUT2D eigenvalue weighted by Crippen LogP contribution is -2.53. The maximum atomic E-state index is 10.9. The molecule has 0 aromatic rings. The molecule has 9 saturated heterocycles. The molecule has 1 amide bonds. The van der Waals surface area contributed by atoms with E-state index in [1.165, 1.54) is 130 Å². The Bertz CT molecular complexity index is 1200. The van der Waals surface area contributed by atoms with Crippen LogP contribution in [0.3, 0.4) is 0 Å². The molecule has 0 radical (unpaired) electrons. The molecule has 4 unspecified atom stereocenters. The Hall–Kier alpha value is -1.05. The van der Waals surface area contributed by atoms with Gasteiger partial charge in [0.2, 0.25) is 5.91 Å². The van der Waals surface area contributed by atoms with Gasteiger partial charge in [-0.3, -0.25) is 19.5 Å². The van der Waals surface area contributed by atoms with Gasteiger partial charge in [0.05, 0.1) is 6.54 Å². The monoisotopic (exact) mass is 921 g/mol. The number of hydrogen-bond acceptors (Lipinski definition) is 14. The Balaban J connectivity index is 0.000000202. The van der Waals surface area contributed by atoms with E-state index < -0.39 is 0 Å². The highest BCUT2D eigenvalue weighted by Gasteiger charge is 2.39. The van der Waals surface area contributed by atoms with E-state index >= 15 is 0 Å². The van der Waals surface area contributed by atoms with Crippen molar-refractivity contribution in [2.45, 2.75) is 102 Å². The lowest BCUT2D eigenvalue weighted by atomic mass is 10.1. The van der Waals surface area contributed by atoms with E-state index in [-0.39, 0.29) is 5.91 Å². The first-order valence-electron chi connectivity index (χ1n) is 25.8. The molecule has 9 fully saturated rings. The second-order valence-electron chi connectivity index (χ2n) is 22.5. The molecule has 4 bridgehead atoms. The van der Waals surface area contributed by atoms with Crippen LogP contribution in [-0.4, -0.2) is 346 Å². The number of fused-ring (bicyclic) bond motifs is 4. The summed E-state index contributed by atoms with van der Waals surface area (Å²) in [5.74, 6) is 0.226. The Labute approximate surface area is 402 Å². The van der Waals surface area contributed by atoms with Crippen molar-refractivity contribution in [1.82, 2.24) is 68.6 Å². The van der Waals surface area contributed by atoms with Gasteiger partial charge in [-0.25, -0.2) is 0 Å². The molecule has 384 valence electrons. The van der Waals surface area contributed by atoms with Crippen molar-refractivity contribution in [3.05, 3.63) is 0 Å². The molecule has 8 atom stereocenters. The highest BCUT2D eigenvalue weighted by Crippen LogP contribution is 2.28. The van der Waals surface area contributed by atoms with Gasteiger partial charge in [0.1, 0.15) is 0 Å². The van der Waals surface area contributed by atoms with E-state index in [0.717, 1.165) is 49.3 Å². The second-order valence-corrected chi connectivity index (χ2v) is 22.5. The number of rotatable bonds is 0. The fraction of sp³-hybridized carbons (Fsp3) is 0.980. The predicted octanol–water partition coefficient (Wildman–Crippen LogP) is 1.19. The summed E-state index contributed by atoms with van der Waals surface area (Å²) >= 11 is 0. The van der Waals surface area contributed by atoms with Crippen LogP contribution in [0.15, 0.2) is 0 Å². The highest BCUT2D eigenvalue weighted by atomic mass is 16.2. The lowest BCUT2D eigenvalue weighted by Gasteiger charge is -2.40. The predicted molar refractivity (Wildman–Crippen MR) is 278 cm³/mol. The zero-order chi connectivity index (χ0) is 48.5. The Morgan fingerprint density at radius 1 is 0.338 bits per heavy atom. The van der Waals surface area contributed by atoms with Crippen LogP contribution in [0.25, 0.3) is 0 Å². The topological polar surface area (TPSA) is 62.4 Å². The average molecular weight is 922 g/mol. The first-order chi connectivity index (χ1) is 30.5. The van der Waals surface area contributed by atoms with Gasteiger partial charge < -0.3 is 53.9 Å². The zero-order valence-electron chi connectivity index (χ0n) is 46.1. The SMILES string of the molecule is CN1CC2CC1CN2C.CN1CC2CCC(C1)N2C.CN1CCCN(C)CC1.CN1CCN(C)C(=O)C1.CN1CCN(C)CC1.C[C@@H]1CN(C)C[C@H](C)N1C.C[C@@H]1CN(C)[C@@H](C)CN1C. The number of hydrogen-bond donors (Lipinski definition) is 0. The van der Waals surface area contributed by atoms with Crippen LogP contribution >= 0.6 is 0 Å². The average Bonchev–Trinajstić information content (AvgIpc) is 3.80. The third-order valence-corrected chi connectivity index (χ3v) is 16.3. The van der Waals surface area contributed by atoms with Crippen molar-refractivity contribution in [2.24, 2.45) is 0 Å². The van der Waals surface area contributed by atoms with Crippen LogP contribution in [0.4, 0.5) is 0 Å². The lowest BCUT2D eigenvalue weighted by molar-refractivity contribution is -0.133. The van der Waals surface area contributed by atoms with Crippen molar-refractivity contribution in [2.75, 3.05) is 223 Å². The van der Waals surface area contributed by atoms with Gasteiger partial charge in [-0.1, -0.05) is 0 Å². The van der Waals surface area contributed by atoms with Crippen LogP contribution in [-0.2, 0) is 4.79 Å². The number of nitrogens with zero attached hydrogens (tertiary/aromatic N) is 14. The molecule has 9 aliphatic heterocycles. The Morgan fingerprint density at radius 3 is 1.06 bits per heavy atom. The normalized spacial score (nSPS) is 34.6. The maximum absolute atomic E-state index is 10.9. The molecule has 0 aromatic carbocycles. The quantitative estimate of drug-likeness (QED) is 0.350. The summed E-state index contributed by atoms with van der Waals surface area (Å²) in [6.45, 7) is 31.5. The van der Waals surface area contributed by atoms with E-state index in [2.05, 4.69) is 171 Å². The van der Waals surface area contributed by atoms with Crippen molar-refractivity contribution >= 4 is 5.91 Å². The smallest absolute Gasteiger partial charge is 0.236 e. The molecule has 15 nitrogen and oxygen atoms in total. The summed E-state index contributed by atoms with van der Waals surface area (Å²) in [5.41, 5.74) is 0. The van der Waals surface area contributed by atoms with Gasteiger partial charge in [0.25, 0.3) is 0 Å². The molecule has 9 aliphatic rings. The van der Waals surface area contributed by atoms with E-state index in [1.807, 2.05) is 19.0 Å². The third kappa shape index (κ3) is 20.8. The molecule has 0 aliphatic carbocycles. The minimum atomic E-state index is 0.226. The molecule has 65 heavy (non-hydrogen) atoms. The Morgan fingerprint density at radius 2 is 0.708 bits per heavy atom. The van der Waals surface area contributed by atoms with Crippen LogP contribution in [0.2, 0.25) is 0 Å². The molecule has 15 heteroatoms. The van der Waals surface area contributed by atoms with Gasteiger partial charge in [0.15, 0.2) is 0 Å². The minimum absolute atomic E-state index is 0.226. The van der Waals surface area contributed by atoms with Crippen LogP contribution in [0.5, 0.6) is 0 Å². The summed E-state index contributed by atoms with van der Waals surface area (Å²) in [6, 6.07) is 6.36. The fourth-order valence-electron chi connectivity index (χ4n) is 10.5. The molecule has 9 heterocycles. The molecule has 0 saturated carbocycles.